The highest BCUT2D eigenvalue weighted by atomic mass is 16.5. The van der Waals surface area contributed by atoms with Gasteiger partial charge in [0.25, 0.3) is 0 Å². The van der Waals surface area contributed by atoms with E-state index in [4.69, 9.17) is 4.74 Å². The van der Waals surface area contributed by atoms with Crippen LogP contribution in [-0.2, 0) is 16.1 Å². The molecule has 0 fully saturated rings. The van der Waals surface area contributed by atoms with E-state index in [0.717, 1.165) is 18.5 Å². The van der Waals surface area contributed by atoms with Crippen molar-refractivity contribution in [1.82, 2.24) is 5.32 Å². The molecule has 0 bridgehead atoms. The van der Waals surface area contributed by atoms with Crippen LogP contribution in [0.3, 0.4) is 0 Å². The van der Waals surface area contributed by atoms with Gasteiger partial charge in [0.05, 0.1) is 0 Å². The number of carbonyl (C=O) groups is 1. The molecule has 3 nitrogen and oxygen atoms in total. The first-order chi connectivity index (χ1) is 7.74. The molecule has 88 valence electrons. The Kier molecular flexibility index (Phi) is 5.57. The second-order valence-corrected chi connectivity index (χ2v) is 3.77. The summed E-state index contributed by atoms with van der Waals surface area (Å²) in [7, 11) is 0. The lowest BCUT2D eigenvalue weighted by Crippen LogP contribution is -2.35. The van der Waals surface area contributed by atoms with E-state index >= 15 is 0 Å². The van der Waals surface area contributed by atoms with Gasteiger partial charge in [-0.25, -0.2) is 0 Å². The monoisotopic (exact) mass is 221 g/mol. The molecular formula is C13H19NO2. The van der Waals surface area contributed by atoms with Crippen molar-refractivity contribution in [2.45, 2.75) is 32.9 Å². The maximum atomic E-state index is 11.5. The van der Waals surface area contributed by atoms with Gasteiger partial charge in [0, 0.05) is 0 Å². The van der Waals surface area contributed by atoms with Crippen molar-refractivity contribution in [3.63, 3.8) is 0 Å². The van der Waals surface area contributed by atoms with Crippen LogP contribution >= 0.6 is 0 Å². The molecule has 1 N–H and O–H groups in total. The lowest BCUT2D eigenvalue weighted by Gasteiger charge is -2.12. The summed E-state index contributed by atoms with van der Waals surface area (Å²) < 4.78 is 5.19. The molecule has 0 aliphatic rings. The van der Waals surface area contributed by atoms with Crippen molar-refractivity contribution in [3.05, 3.63) is 35.9 Å². The summed E-state index contributed by atoms with van der Waals surface area (Å²) in [4.78, 5) is 11.5. The van der Waals surface area contributed by atoms with Gasteiger partial charge in [-0.05, 0) is 25.5 Å². The van der Waals surface area contributed by atoms with Crippen LogP contribution < -0.4 is 5.32 Å². The van der Waals surface area contributed by atoms with Gasteiger partial charge >= 0.3 is 5.97 Å². The molecule has 1 aromatic carbocycles. The minimum atomic E-state index is -0.233. The summed E-state index contributed by atoms with van der Waals surface area (Å²) in [5.74, 6) is -0.197. The number of carbonyl (C=O) groups excluding carboxylic acids is 1. The minimum absolute atomic E-state index is 0.197. The van der Waals surface area contributed by atoms with E-state index in [9.17, 15) is 4.79 Å². The van der Waals surface area contributed by atoms with Crippen LogP contribution in [0.4, 0.5) is 0 Å². The van der Waals surface area contributed by atoms with Crippen molar-refractivity contribution in [3.8, 4) is 0 Å². The van der Waals surface area contributed by atoms with E-state index in [1.165, 1.54) is 0 Å². The number of rotatable bonds is 6. The standard InChI is InChI=1S/C13H19NO2/c1-3-9-14-11(2)13(15)16-10-12-7-5-4-6-8-12/h4-8,11,14H,3,9-10H2,1-2H3/t11-/m0/s1. The summed E-state index contributed by atoms with van der Waals surface area (Å²) in [5.41, 5.74) is 1.01. The average Bonchev–Trinajstić information content (AvgIpc) is 2.34. The van der Waals surface area contributed by atoms with E-state index in [1.807, 2.05) is 37.3 Å². The number of hydrogen-bond acceptors (Lipinski definition) is 3. The zero-order chi connectivity index (χ0) is 11.8. The minimum Gasteiger partial charge on any atom is -0.460 e. The fraction of sp³-hybridized carbons (Fsp3) is 0.462. The average molecular weight is 221 g/mol. The second-order valence-electron chi connectivity index (χ2n) is 3.77. The third kappa shape index (κ3) is 4.45. The third-order valence-electron chi connectivity index (χ3n) is 2.28. The molecule has 0 heterocycles. The van der Waals surface area contributed by atoms with Crippen molar-refractivity contribution >= 4 is 5.97 Å². The Balaban J connectivity index is 2.29. The number of nitrogens with one attached hydrogen (secondary N) is 1. The smallest absolute Gasteiger partial charge is 0.323 e. The predicted octanol–water partition coefficient (Wildman–Crippen LogP) is 2.12. The first kappa shape index (κ1) is 12.7. The Morgan fingerprint density at radius 1 is 1.38 bits per heavy atom. The molecule has 0 aromatic heterocycles. The number of benzene rings is 1. The normalized spacial score (nSPS) is 12.1. The second kappa shape index (κ2) is 7.01. The molecule has 0 saturated heterocycles. The first-order valence-corrected chi connectivity index (χ1v) is 5.68. The number of esters is 1. The molecule has 0 unspecified atom stereocenters. The van der Waals surface area contributed by atoms with Crippen molar-refractivity contribution in [2.75, 3.05) is 6.54 Å². The van der Waals surface area contributed by atoms with Gasteiger partial charge in [-0.15, -0.1) is 0 Å². The van der Waals surface area contributed by atoms with Crippen molar-refractivity contribution < 1.29 is 9.53 Å². The summed E-state index contributed by atoms with van der Waals surface area (Å²) in [6.07, 6.45) is 1.01. The van der Waals surface area contributed by atoms with E-state index in [2.05, 4.69) is 12.2 Å². The molecule has 0 aliphatic carbocycles. The van der Waals surface area contributed by atoms with Gasteiger partial charge in [-0.2, -0.15) is 0 Å². The van der Waals surface area contributed by atoms with Gasteiger partial charge in [-0.1, -0.05) is 37.3 Å². The summed E-state index contributed by atoms with van der Waals surface area (Å²) in [6, 6.07) is 9.46. The molecule has 3 heteroatoms. The highest BCUT2D eigenvalue weighted by molar-refractivity contribution is 5.75. The fourth-order valence-electron chi connectivity index (χ4n) is 1.30. The van der Waals surface area contributed by atoms with Gasteiger partial charge in [-0.3, -0.25) is 4.79 Å². The van der Waals surface area contributed by atoms with Crippen LogP contribution in [0, 0.1) is 0 Å². The Morgan fingerprint density at radius 2 is 2.06 bits per heavy atom. The van der Waals surface area contributed by atoms with Crippen LogP contribution in [0.2, 0.25) is 0 Å². The summed E-state index contributed by atoms with van der Waals surface area (Å²) in [5, 5.41) is 3.09. The van der Waals surface area contributed by atoms with E-state index in [-0.39, 0.29) is 12.0 Å². The maximum absolute atomic E-state index is 11.5. The molecule has 0 amide bonds. The Bertz CT molecular complexity index is 311. The van der Waals surface area contributed by atoms with Crippen LogP contribution in [0.5, 0.6) is 0 Å². The van der Waals surface area contributed by atoms with Crippen molar-refractivity contribution in [1.29, 1.82) is 0 Å². The first-order valence-electron chi connectivity index (χ1n) is 5.68. The van der Waals surface area contributed by atoms with Crippen LogP contribution in [-0.4, -0.2) is 18.6 Å². The molecule has 0 spiro atoms. The molecule has 0 saturated carbocycles. The molecular weight excluding hydrogens is 202 g/mol. The third-order valence-corrected chi connectivity index (χ3v) is 2.28. The van der Waals surface area contributed by atoms with Crippen LogP contribution in [0.1, 0.15) is 25.8 Å². The predicted molar refractivity (Wildman–Crippen MR) is 64.0 cm³/mol. The zero-order valence-electron chi connectivity index (χ0n) is 9.90. The Labute approximate surface area is 96.8 Å². The number of hydrogen-bond donors (Lipinski definition) is 1. The highest BCUT2D eigenvalue weighted by Gasteiger charge is 2.12. The van der Waals surface area contributed by atoms with E-state index in [1.54, 1.807) is 0 Å². The largest absolute Gasteiger partial charge is 0.460 e. The summed E-state index contributed by atoms with van der Waals surface area (Å²) >= 11 is 0. The van der Waals surface area contributed by atoms with Gasteiger partial charge in [0.15, 0.2) is 0 Å². The molecule has 0 aliphatic heterocycles. The summed E-state index contributed by atoms with van der Waals surface area (Å²) in [6.45, 7) is 5.07. The lowest BCUT2D eigenvalue weighted by molar-refractivity contribution is -0.147. The molecule has 1 rings (SSSR count). The van der Waals surface area contributed by atoms with E-state index in [0.29, 0.717) is 6.61 Å². The number of ether oxygens (including phenoxy) is 1. The van der Waals surface area contributed by atoms with Crippen LogP contribution in [0.25, 0.3) is 0 Å². The Morgan fingerprint density at radius 3 is 2.69 bits per heavy atom. The molecule has 0 radical (unpaired) electrons. The quantitative estimate of drug-likeness (QED) is 0.748. The molecule has 1 atom stereocenters. The zero-order valence-corrected chi connectivity index (χ0v) is 9.90. The van der Waals surface area contributed by atoms with Gasteiger partial charge in [0.1, 0.15) is 12.6 Å². The SMILES string of the molecule is CCCN[C@@H](C)C(=O)OCc1ccccc1. The van der Waals surface area contributed by atoms with E-state index < -0.39 is 0 Å². The maximum Gasteiger partial charge on any atom is 0.323 e. The highest BCUT2D eigenvalue weighted by Crippen LogP contribution is 2.01. The molecule has 1 aromatic rings. The lowest BCUT2D eigenvalue weighted by atomic mass is 10.2. The molecule has 16 heavy (non-hydrogen) atoms. The fourth-order valence-corrected chi connectivity index (χ4v) is 1.30. The van der Waals surface area contributed by atoms with Crippen LogP contribution in [0.15, 0.2) is 30.3 Å². The van der Waals surface area contributed by atoms with Gasteiger partial charge in [0.2, 0.25) is 0 Å². The topological polar surface area (TPSA) is 38.3 Å². The Hall–Kier alpha value is -1.35. The van der Waals surface area contributed by atoms with Gasteiger partial charge < -0.3 is 10.1 Å². The van der Waals surface area contributed by atoms with Crippen molar-refractivity contribution in [2.24, 2.45) is 0 Å².